The van der Waals surface area contributed by atoms with E-state index < -0.39 is 24.6 Å². The number of aromatic hydroxyl groups is 1. The molecule has 0 aliphatic carbocycles. The molecule has 112 valence electrons. The molecule has 0 amide bonds. The van der Waals surface area contributed by atoms with Crippen molar-refractivity contribution in [3.63, 3.8) is 0 Å². The minimum absolute atomic E-state index is 0.114. The van der Waals surface area contributed by atoms with Gasteiger partial charge in [0.25, 0.3) is 0 Å². The molecule has 6 nitrogen and oxygen atoms in total. The number of hydrogen-bond donors (Lipinski definition) is 4. The van der Waals surface area contributed by atoms with Crippen molar-refractivity contribution in [1.82, 2.24) is 0 Å². The molecule has 3 rings (SSSR count). The maximum Gasteiger partial charge on any atom is 0.228 e. The first-order chi connectivity index (χ1) is 10.1. The van der Waals surface area contributed by atoms with Crippen LogP contribution in [0.2, 0.25) is 0 Å². The molecule has 1 aliphatic heterocycles. The Labute approximate surface area is 120 Å². The fourth-order valence-electron chi connectivity index (χ4n) is 2.34. The highest BCUT2D eigenvalue weighted by molar-refractivity contribution is 5.89. The minimum atomic E-state index is -1.34. The van der Waals surface area contributed by atoms with E-state index in [1.807, 2.05) is 6.07 Å². The summed E-state index contributed by atoms with van der Waals surface area (Å²) in [5.41, 5.74) is 0. The van der Waals surface area contributed by atoms with Gasteiger partial charge < -0.3 is 29.9 Å². The lowest BCUT2D eigenvalue weighted by Crippen LogP contribution is -2.54. The van der Waals surface area contributed by atoms with Crippen molar-refractivity contribution in [1.29, 1.82) is 0 Å². The summed E-state index contributed by atoms with van der Waals surface area (Å²) in [7, 11) is 0. The van der Waals surface area contributed by atoms with Gasteiger partial charge in [-0.05, 0) is 29.7 Å². The van der Waals surface area contributed by atoms with Crippen LogP contribution in [-0.2, 0) is 4.74 Å². The maximum atomic E-state index is 9.83. The molecule has 21 heavy (non-hydrogen) atoms. The highest BCUT2D eigenvalue weighted by Crippen LogP contribution is 2.29. The second-order valence-corrected chi connectivity index (χ2v) is 5.03. The molecule has 4 N–H and O–H groups in total. The van der Waals surface area contributed by atoms with Crippen LogP contribution in [-0.4, -0.2) is 51.6 Å². The Morgan fingerprint density at radius 2 is 1.86 bits per heavy atom. The van der Waals surface area contributed by atoms with Gasteiger partial charge in [0, 0.05) is 5.39 Å². The van der Waals surface area contributed by atoms with E-state index in [1.165, 1.54) is 0 Å². The molecule has 0 unspecified atom stereocenters. The second-order valence-electron chi connectivity index (χ2n) is 5.03. The van der Waals surface area contributed by atoms with Gasteiger partial charge in [0.2, 0.25) is 6.29 Å². The summed E-state index contributed by atoms with van der Waals surface area (Å²) in [5.74, 6) is 0.604. The van der Waals surface area contributed by atoms with Crippen LogP contribution >= 0.6 is 0 Å². The Bertz CT molecular complexity index is 643. The molecule has 1 aliphatic rings. The van der Waals surface area contributed by atoms with E-state index in [4.69, 9.17) is 9.47 Å². The van der Waals surface area contributed by atoms with Gasteiger partial charge in [-0.25, -0.2) is 0 Å². The van der Waals surface area contributed by atoms with Crippen molar-refractivity contribution < 1.29 is 29.9 Å². The summed E-state index contributed by atoms with van der Waals surface area (Å²) in [5, 5.41) is 40.0. The van der Waals surface area contributed by atoms with E-state index in [0.717, 1.165) is 5.39 Å². The number of phenols is 1. The topological polar surface area (TPSA) is 99.4 Å². The molecule has 0 radical (unpaired) electrons. The highest BCUT2D eigenvalue weighted by atomic mass is 16.7. The third-order valence-corrected chi connectivity index (χ3v) is 3.54. The number of hydrogen-bond acceptors (Lipinski definition) is 6. The summed E-state index contributed by atoms with van der Waals surface area (Å²) in [6.07, 6.45) is -4.84. The summed E-state index contributed by atoms with van der Waals surface area (Å²) >= 11 is 0. The lowest BCUT2D eigenvalue weighted by Gasteiger charge is -2.34. The average molecular weight is 292 g/mol. The van der Waals surface area contributed by atoms with Gasteiger partial charge in [-0.1, -0.05) is 12.1 Å². The number of aliphatic hydroxyl groups excluding tert-OH is 3. The third-order valence-electron chi connectivity index (χ3n) is 3.54. The van der Waals surface area contributed by atoms with Crippen molar-refractivity contribution in [3.8, 4) is 11.5 Å². The van der Waals surface area contributed by atoms with Crippen LogP contribution in [0.4, 0.5) is 0 Å². The zero-order chi connectivity index (χ0) is 15.0. The Balaban J connectivity index is 1.82. The Morgan fingerprint density at radius 1 is 1.05 bits per heavy atom. The first-order valence-electron chi connectivity index (χ1n) is 6.60. The second kappa shape index (κ2) is 5.50. The van der Waals surface area contributed by atoms with Crippen LogP contribution in [0, 0.1) is 0 Å². The van der Waals surface area contributed by atoms with E-state index in [-0.39, 0.29) is 12.4 Å². The molecule has 2 aromatic carbocycles. The molecule has 1 saturated heterocycles. The van der Waals surface area contributed by atoms with Gasteiger partial charge in [-0.3, -0.25) is 0 Å². The van der Waals surface area contributed by atoms with Gasteiger partial charge in [0.05, 0.1) is 6.61 Å². The molecule has 0 aromatic heterocycles. The smallest absolute Gasteiger partial charge is 0.228 e. The van der Waals surface area contributed by atoms with Crippen molar-refractivity contribution >= 4 is 10.8 Å². The number of phenolic OH excluding ortho intramolecular Hbond substituents is 1. The van der Waals surface area contributed by atoms with Crippen molar-refractivity contribution in [2.24, 2.45) is 0 Å². The largest absolute Gasteiger partial charge is 0.507 e. The molecule has 1 heterocycles. The van der Waals surface area contributed by atoms with Gasteiger partial charge in [0.1, 0.15) is 29.8 Å². The fraction of sp³-hybridized carbons (Fsp3) is 0.333. The van der Waals surface area contributed by atoms with Crippen LogP contribution < -0.4 is 4.74 Å². The SMILES string of the molecule is Oc1cccc2cc(O[C@@H]3OC[C@@H](O)[C@H](O)[C@H]3O)ccc12. The number of fused-ring (bicyclic) bond motifs is 1. The van der Waals surface area contributed by atoms with E-state index in [0.29, 0.717) is 11.1 Å². The first-order valence-corrected chi connectivity index (χ1v) is 6.60. The summed E-state index contributed by atoms with van der Waals surface area (Å²) in [6, 6.07) is 10.2. The highest BCUT2D eigenvalue weighted by Gasteiger charge is 2.38. The summed E-state index contributed by atoms with van der Waals surface area (Å²) in [4.78, 5) is 0. The number of aliphatic hydroxyl groups is 3. The zero-order valence-corrected chi connectivity index (χ0v) is 11.1. The predicted octanol–water partition coefficient (Wildman–Crippen LogP) is 0.363. The monoisotopic (exact) mass is 292 g/mol. The third kappa shape index (κ3) is 2.66. The lowest BCUT2D eigenvalue weighted by atomic mass is 10.1. The molecule has 0 spiro atoms. The standard InChI is InChI=1S/C15H16O6/c16-11-3-1-2-8-6-9(4-5-10(8)11)21-15-14(19)13(18)12(17)7-20-15/h1-6,12-19H,7H2/t12-,13+,14-,15+/m1/s1. The molecular formula is C15H16O6. The minimum Gasteiger partial charge on any atom is -0.507 e. The Hall–Kier alpha value is -1.86. The van der Waals surface area contributed by atoms with Crippen LogP contribution in [0.1, 0.15) is 0 Å². The summed E-state index contributed by atoms with van der Waals surface area (Å²) < 4.78 is 10.7. The fourth-order valence-corrected chi connectivity index (χ4v) is 2.34. The molecule has 4 atom stereocenters. The van der Waals surface area contributed by atoms with Crippen LogP contribution in [0.5, 0.6) is 11.5 Å². The van der Waals surface area contributed by atoms with Crippen LogP contribution in [0.15, 0.2) is 36.4 Å². The Morgan fingerprint density at radius 3 is 2.67 bits per heavy atom. The molecule has 0 bridgehead atoms. The first kappa shape index (κ1) is 14.1. The van der Waals surface area contributed by atoms with Crippen molar-refractivity contribution in [3.05, 3.63) is 36.4 Å². The molecule has 0 saturated carbocycles. The number of ether oxygens (including phenoxy) is 2. The summed E-state index contributed by atoms with van der Waals surface area (Å²) in [6.45, 7) is -0.114. The van der Waals surface area contributed by atoms with E-state index >= 15 is 0 Å². The number of benzene rings is 2. The normalized spacial score (nSPS) is 29.5. The van der Waals surface area contributed by atoms with Gasteiger partial charge in [-0.15, -0.1) is 0 Å². The quantitative estimate of drug-likeness (QED) is 0.638. The van der Waals surface area contributed by atoms with E-state index in [2.05, 4.69) is 0 Å². The maximum absolute atomic E-state index is 9.83. The van der Waals surface area contributed by atoms with Gasteiger partial charge in [0.15, 0.2) is 0 Å². The van der Waals surface area contributed by atoms with Crippen LogP contribution in [0.3, 0.4) is 0 Å². The lowest BCUT2D eigenvalue weighted by molar-refractivity contribution is -0.242. The van der Waals surface area contributed by atoms with Crippen molar-refractivity contribution in [2.45, 2.75) is 24.6 Å². The van der Waals surface area contributed by atoms with Gasteiger partial charge in [-0.2, -0.15) is 0 Å². The van der Waals surface area contributed by atoms with E-state index in [1.54, 1.807) is 30.3 Å². The predicted molar refractivity (Wildman–Crippen MR) is 74.0 cm³/mol. The van der Waals surface area contributed by atoms with E-state index in [9.17, 15) is 20.4 Å². The van der Waals surface area contributed by atoms with Gasteiger partial charge >= 0.3 is 0 Å². The zero-order valence-electron chi connectivity index (χ0n) is 11.1. The molecule has 1 fully saturated rings. The average Bonchev–Trinajstić information content (AvgIpc) is 2.48. The van der Waals surface area contributed by atoms with Crippen molar-refractivity contribution in [2.75, 3.05) is 6.61 Å². The Kier molecular flexibility index (Phi) is 3.69. The molecule has 6 heteroatoms. The molecular weight excluding hydrogens is 276 g/mol. The van der Waals surface area contributed by atoms with Crippen LogP contribution in [0.25, 0.3) is 10.8 Å². The number of rotatable bonds is 2. The molecule has 2 aromatic rings.